The Balaban J connectivity index is 2.80. The van der Waals surface area contributed by atoms with Crippen molar-refractivity contribution in [1.29, 1.82) is 0 Å². The number of hydrogen-bond acceptors (Lipinski definition) is 3. The number of carbonyl (C=O) groups excluding carboxylic acids is 1. The number of ether oxygens (including phenoxy) is 1. The van der Waals surface area contributed by atoms with E-state index in [1.54, 1.807) is 0 Å². The summed E-state index contributed by atoms with van der Waals surface area (Å²) < 4.78 is 5.78. The predicted molar refractivity (Wildman–Crippen MR) is 67.6 cm³/mol. The molecule has 3 nitrogen and oxygen atoms in total. The first-order chi connectivity index (χ1) is 7.06. The van der Waals surface area contributed by atoms with Gasteiger partial charge < -0.3 is 10.5 Å². The molecule has 15 heavy (non-hydrogen) atoms. The van der Waals surface area contributed by atoms with E-state index in [4.69, 9.17) is 5.73 Å². The van der Waals surface area contributed by atoms with Crippen molar-refractivity contribution in [2.24, 2.45) is 5.73 Å². The van der Waals surface area contributed by atoms with Crippen molar-refractivity contribution < 1.29 is 9.53 Å². The monoisotopic (exact) mass is 319 g/mol. The maximum absolute atomic E-state index is 11.2. The van der Waals surface area contributed by atoms with Gasteiger partial charge in [0.2, 0.25) is 0 Å². The second kappa shape index (κ2) is 5.46. The molecule has 0 aliphatic heterocycles. The average Bonchev–Trinajstić information content (AvgIpc) is 2.27. The Morgan fingerprint density at radius 1 is 1.40 bits per heavy atom. The molecule has 1 rings (SSSR count). The summed E-state index contributed by atoms with van der Waals surface area (Å²) in [5, 5.41) is 0. The first-order valence-electron chi connectivity index (χ1n) is 4.65. The molecule has 0 saturated heterocycles. The van der Waals surface area contributed by atoms with Gasteiger partial charge in [-0.05, 0) is 40.3 Å². The first-order valence-corrected chi connectivity index (χ1v) is 5.73. The highest BCUT2D eigenvalue weighted by atomic mass is 127. The molecule has 0 fully saturated rings. The average molecular weight is 319 g/mol. The maximum atomic E-state index is 11.2. The second-order valence-corrected chi connectivity index (χ2v) is 4.63. The zero-order chi connectivity index (χ0) is 11.4. The Morgan fingerprint density at radius 2 is 1.93 bits per heavy atom. The van der Waals surface area contributed by atoms with Gasteiger partial charge in [0.25, 0.3) is 0 Å². The molecule has 0 amide bonds. The van der Waals surface area contributed by atoms with E-state index in [1.807, 2.05) is 31.2 Å². The molecule has 82 valence electrons. The molecular formula is C11H14INO2. The minimum atomic E-state index is -0.602. The molecule has 0 bridgehead atoms. The number of esters is 1. The molecular weight excluding hydrogens is 305 g/mol. The van der Waals surface area contributed by atoms with E-state index >= 15 is 0 Å². The molecule has 0 aromatic heterocycles. The van der Waals surface area contributed by atoms with Gasteiger partial charge in [0.05, 0.1) is 7.11 Å². The van der Waals surface area contributed by atoms with Gasteiger partial charge in [0.15, 0.2) is 0 Å². The number of rotatable bonds is 3. The Morgan fingerprint density at radius 3 is 2.40 bits per heavy atom. The Bertz CT molecular complexity index is 337. The van der Waals surface area contributed by atoms with Crippen LogP contribution in [-0.4, -0.2) is 19.1 Å². The predicted octanol–water partition coefficient (Wildman–Crippen LogP) is 1.90. The SMILES string of the molecule is COC(=O)[C@@H](N)[C@H](C)c1ccc(I)cc1. The summed E-state index contributed by atoms with van der Waals surface area (Å²) in [6, 6.07) is 7.35. The van der Waals surface area contributed by atoms with E-state index in [9.17, 15) is 4.79 Å². The van der Waals surface area contributed by atoms with E-state index in [1.165, 1.54) is 7.11 Å². The number of nitrogens with two attached hydrogens (primary N) is 1. The van der Waals surface area contributed by atoms with Crippen LogP contribution in [0.1, 0.15) is 18.4 Å². The van der Waals surface area contributed by atoms with Crippen molar-refractivity contribution >= 4 is 28.6 Å². The fraction of sp³-hybridized carbons (Fsp3) is 0.364. The number of carbonyl (C=O) groups is 1. The van der Waals surface area contributed by atoms with Gasteiger partial charge in [-0.15, -0.1) is 0 Å². The molecule has 0 unspecified atom stereocenters. The zero-order valence-corrected chi connectivity index (χ0v) is 10.9. The Labute approximate surface area is 103 Å². The highest BCUT2D eigenvalue weighted by Gasteiger charge is 2.22. The van der Waals surface area contributed by atoms with Crippen LogP contribution in [0.3, 0.4) is 0 Å². The van der Waals surface area contributed by atoms with Gasteiger partial charge in [-0.2, -0.15) is 0 Å². The highest BCUT2D eigenvalue weighted by molar-refractivity contribution is 14.1. The summed E-state index contributed by atoms with van der Waals surface area (Å²) in [6.45, 7) is 1.92. The van der Waals surface area contributed by atoms with Crippen molar-refractivity contribution in [1.82, 2.24) is 0 Å². The summed E-state index contributed by atoms with van der Waals surface area (Å²) in [5.74, 6) is -0.407. The van der Waals surface area contributed by atoms with Gasteiger partial charge in [-0.1, -0.05) is 19.1 Å². The third-order valence-electron chi connectivity index (χ3n) is 2.41. The molecule has 4 heteroatoms. The summed E-state index contributed by atoms with van der Waals surface area (Å²) in [4.78, 5) is 11.2. The van der Waals surface area contributed by atoms with Gasteiger partial charge in [-0.3, -0.25) is 4.79 Å². The standard InChI is InChI=1S/C11H14INO2/c1-7(10(13)11(14)15-2)8-3-5-9(12)6-4-8/h3-7,10H,13H2,1-2H3/t7-,10+/m1/s1. The summed E-state index contributed by atoms with van der Waals surface area (Å²) in [7, 11) is 1.35. The number of methoxy groups -OCH3 is 1. The molecule has 1 aromatic carbocycles. The zero-order valence-electron chi connectivity index (χ0n) is 8.74. The normalized spacial score (nSPS) is 14.4. The molecule has 2 atom stereocenters. The van der Waals surface area contributed by atoms with Gasteiger partial charge in [0.1, 0.15) is 6.04 Å². The fourth-order valence-electron chi connectivity index (χ4n) is 1.31. The summed E-state index contributed by atoms with van der Waals surface area (Å²) >= 11 is 2.24. The van der Waals surface area contributed by atoms with Crippen molar-refractivity contribution in [3.63, 3.8) is 0 Å². The maximum Gasteiger partial charge on any atom is 0.323 e. The van der Waals surface area contributed by atoms with Crippen LogP contribution in [0.4, 0.5) is 0 Å². The van der Waals surface area contributed by atoms with E-state index in [0.29, 0.717) is 0 Å². The van der Waals surface area contributed by atoms with Gasteiger partial charge in [-0.25, -0.2) is 0 Å². The lowest BCUT2D eigenvalue weighted by atomic mass is 9.94. The number of halogens is 1. The number of benzene rings is 1. The summed E-state index contributed by atoms with van der Waals surface area (Å²) in [5.41, 5.74) is 6.81. The van der Waals surface area contributed by atoms with Crippen LogP contribution in [0.2, 0.25) is 0 Å². The minimum absolute atomic E-state index is 0.0329. The quantitative estimate of drug-likeness (QED) is 0.684. The third kappa shape index (κ3) is 3.17. The molecule has 0 aliphatic rings. The molecule has 1 aromatic rings. The van der Waals surface area contributed by atoms with E-state index < -0.39 is 6.04 Å². The Kier molecular flexibility index (Phi) is 4.53. The van der Waals surface area contributed by atoms with Crippen molar-refractivity contribution in [3.05, 3.63) is 33.4 Å². The molecule has 0 heterocycles. The largest absolute Gasteiger partial charge is 0.468 e. The highest BCUT2D eigenvalue weighted by Crippen LogP contribution is 2.19. The minimum Gasteiger partial charge on any atom is -0.468 e. The number of hydrogen-bond donors (Lipinski definition) is 1. The van der Waals surface area contributed by atoms with Crippen LogP contribution >= 0.6 is 22.6 Å². The van der Waals surface area contributed by atoms with Crippen LogP contribution in [0, 0.1) is 3.57 Å². The third-order valence-corrected chi connectivity index (χ3v) is 3.13. The van der Waals surface area contributed by atoms with Crippen LogP contribution in [0.25, 0.3) is 0 Å². The Hall–Kier alpha value is -0.620. The lowest BCUT2D eigenvalue weighted by Gasteiger charge is -2.17. The van der Waals surface area contributed by atoms with E-state index in [0.717, 1.165) is 9.13 Å². The van der Waals surface area contributed by atoms with Crippen LogP contribution in [0.15, 0.2) is 24.3 Å². The van der Waals surface area contributed by atoms with E-state index in [-0.39, 0.29) is 11.9 Å². The van der Waals surface area contributed by atoms with E-state index in [2.05, 4.69) is 27.3 Å². The van der Waals surface area contributed by atoms with Crippen LogP contribution in [0.5, 0.6) is 0 Å². The second-order valence-electron chi connectivity index (χ2n) is 3.39. The van der Waals surface area contributed by atoms with Crippen LogP contribution < -0.4 is 5.73 Å². The topological polar surface area (TPSA) is 52.3 Å². The molecule has 0 saturated carbocycles. The van der Waals surface area contributed by atoms with Crippen molar-refractivity contribution in [3.8, 4) is 0 Å². The van der Waals surface area contributed by atoms with Crippen molar-refractivity contribution in [2.45, 2.75) is 18.9 Å². The summed E-state index contributed by atoms with van der Waals surface area (Å²) in [6.07, 6.45) is 0. The van der Waals surface area contributed by atoms with Gasteiger partial charge in [0, 0.05) is 9.49 Å². The van der Waals surface area contributed by atoms with Gasteiger partial charge >= 0.3 is 5.97 Å². The van der Waals surface area contributed by atoms with Crippen molar-refractivity contribution in [2.75, 3.05) is 7.11 Å². The molecule has 0 radical (unpaired) electrons. The lowest BCUT2D eigenvalue weighted by Crippen LogP contribution is -2.36. The smallest absolute Gasteiger partial charge is 0.323 e. The molecule has 2 N–H and O–H groups in total. The molecule has 0 spiro atoms. The molecule has 0 aliphatic carbocycles. The first kappa shape index (κ1) is 12.4. The van der Waals surface area contributed by atoms with Crippen LogP contribution in [-0.2, 0) is 9.53 Å². The fourth-order valence-corrected chi connectivity index (χ4v) is 1.67. The lowest BCUT2D eigenvalue weighted by molar-refractivity contribution is -0.142.